The van der Waals surface area contributed by atoms with Crippen LogP contribution in [0.25, 0.3) is 0 Å². The molecule has 0 saturated heterocycles. The molecule has 0 aliphatic rings. The van der Waals surface area contributed by atoms with Gasteiger partial charge in [-0.25, -0.2) is 0 Å². The molecule has 1 unspecified atom stereocenters. The lowest BCUT2D eigenvalue weighted by Gasteiger charge is -2.14. The van der Waals surface area contributed by atoms with Crippen LogP contribution in [0, 0.1) is 10.1 Å². The maximum atomic E-state index is 10.8. The molecule has 2 N–H and O–H groups in total. The van der Waals surface area contributed by atoms with Gasteiger partial charge in [0.05, 0.1) is 15.5 Å². The molecular weight excluding hydrogens is 324 g/mol. The maximum absolute atomic E-state index is 10.8. The highest BCUT2D eigenvalue weighted by atomic mass is 79.9. The summed E-state index contributed by atoms with van der Waals surface area (Å²) in [7, 11) is 0. The van der Waals surface area contributed by atoms with Gasteiger partial charge in [0, 0.05) is 17.7 Å². The molecule has 0 amide bonds. The fourth-order valence-corrected chi connectivity index (χ4v) is 2.08. The highest BCUT2D eigenvalue weighted by Crippen LogP contribution is 2.35. The van der Waals surface area contributed by atoms with Crippen LogP contribution in [0.4, 0.5) is 5.69 Å². The summed E-state index contributed by atoms with van der Waals surface area (Å²) >= 11 is 3.32. The minimum absolute atomic E-state index is 0.0264. The van der Waals surface area contributed by atoms with Crippen LogP contribution >= 0.6 is 15.9 Å². The molecule has 6 heteroatoms. The van der Waals surface area contributed by atoms with Crippen LogP contribution in [0.2, 0.25) is 0 Å². The van der Waals surface area contributed by atoms with Crippen LogP contribution in [0.1, 0.15) is 18.5 Å². The van der Waals surface area contributed by atoms with Crippen molar-refractivity contribution in [1.82, 2.24) is 0 Å². The van der Waals surface area contributed by atoms with Gasteiger partial charge in [-0.2, -0.15) is 0 Å². The number of nitro benzene ring substituents is 1. The number of ether oxygens (including phenoxy) is 1. The van der Waals surface area contributed by atoms with Crippen LogP contribution in [0.5, 0.6) is 11.5 Å². The van der Waals surface area contributed by atoms with E-state index in [9.17, 15) is 10.1 Å². The van der Waals surface area contributed by atoms with Crippen molar-refractivity contribution < 1.29 is 9.66 Å². The van der Waals surface area contributed by atoms with Crippen molar-refractivity contribution in [3.05, 3.63) is 62.6 Å². The number of nitrogens with two attached hydrogens (primary N) is 1. The highest BCUT2D eigenvalue weighted by molar-refractivity contribution is 9.10. The molecule has 0 spiro atoms. The van der Waals surface area contributed by atoms with E-state index in [2.05, 4.69) is 15.9 Å². The Morgan fingerprint density at radius 1 is 1.25 bits per heavy atom. The minimum atomic E-state index is -0.462. The van der Waals surface area contributed by atoms with Gasteiger partial charge in [-0.1, -0.05) is 18.2 Å². The van der Waals surface area contributed by atoms with Crippen LogP contribution in [-0.4, -0.2) is 4.92 Å². The molecular formula is C14H13BrN2O3. The van der Waals surface area contributed by atoms with Crippen LogP contribution < -0.4 is 10.5 Å². The van der Waals surface area contributed by atoms with Gasteiger partial charge >= 0.3 is 0 Å². The summed E-state index contributed by atoms with van der Waals surface area (Å²) in [5, 5.41) is 10.8. The second-order valence-corrected chi connectivity index (χ2v) is 5.15. The van der Waals surface area contributed by atoms with Gasteiger partial charge in [0.2, 0.25) is 0 Å². The van der Waals surface area contributed by atoms with E-state index in [0.717, 1.165) is 5.56 Å². The van der Waals surface area contributed by atoms with E-state index in [-0.39, 0.29) is 11.7 Å². The van der Waals surface area contributed by atoms with Crippen molar-refractivity contribution >= 4 is 21.6 Å². The third-order valence-electron chi connectivity index (χ3n) is 2.76. The number of non-ortho nitro benzene ring substituents is 1. The zero-order valence-corrected chi connectivity index (χ0v) is 12.3. The van der Waals surface area contributed by atoms with Crippen LogP contribution in [0.15, 0.2) is 46.9 Å². The third kappa shape index (κ3) is 3.15. The van der Waals surface area contributed by atoms with Crippen molar-refractivity contribution in [1.29, 1.82) is 0 Å². The summed E-state index contributed by atoms with van der Waals surface area (Å²) < 4.78 is 6.40. The molecule has 0 bridgehead atoms. The Kier molecular flexibility index (Phi) is 4.36. The molecule has 2 rings (SSSR count). The van der Waals surface area contributed by atoms with Gasteiger partial charge < -0.3 is 10.5 Å². The molecule has 0 fully saturated rings. The number of nitrogens with zero attached hydrogens (tertiary/aromatic N) is 1. The Morgan fingerprint density at radius 3 is 2.60 bits per heavy atom. The van der Waals surface area contributed by atoms with E-state index >= 15 is 0 Å². The minimum Gasteiger partial charge on any atom is -0.456 e. The first-order valence-corrected chi connectivity index (χ1v) is 6.74. The standard InChI is InChI=1S/C14H13BrN2O3/c1-9(16)11-4-2-3-5-13(11)20-14-8-10(17(18)19)6-7-12(14)15/h2-9H,16H2,1H3. The molecule has 104 valence electrons. The lowest BCUT2D eigenvalue weighted by Crippen LogP contribution is -2.06. The SMILES string of the molecule is CC(N)c1ccccc1Oc1cc([N+](=O)[O-])ccc1Br. The van der Waals surface area contributed by atoms with Crippen molar-refractivity contribution in [2.24, 2.45) is 5.73 Å². The van der Waals surface area contributed by atoms with Crippen molar-refractivity contribution in [3.8, 4) is 11.5 Å². The maximum Gasteiger partial charge on any atom is 0.273 e. The van der Waals surface area contributed by atoms with Crippen molar-refractivity contribution in [2.45, 2.75) is 13.0 Å². The summed E-state index contributed by atoms with van der Waals surface area (Å²) in [5.74, 6) is 0.969. The van der Waals surface area contributed by atoms with E-state index in [1.54, 1.807) is 12.1 Å². The highest BCUT2D eigenvalue weighted by Gasteiger charge is 2.14. The number of rotatable bonds is 4. The molecule has 5 nitrogen and oxygen atoms in total. The number of hydrogen-bond donors (Lipinski definition) is 1. The number of benzene rings is 2. The van der Waals surface area contributed by atoms with E-state index in [4.69, 9.17) is 10.5 Å². The predicted molar refractivity (Wildman–Crippen MR) is 79.9 cm³/mol. The van der Waals surface area contributed by atoms with Gasteiger partial charge in [0.15, 0.2) is 0 Å². The Bertz CT molecular complexity index is 644. The Balaban J connectivity index is 2.40. The molecule has 2 aromatic carbocycles. The molecule has 0 saturated carbocycles. The fourth-order valence-electron chi connectivity index (χ4n) is 1.75. The molecule has 1 atom stereocenters. The fraction of sp³-hybridized carbons (Fsp3) is 0.143. The summed E-state index contributed by atoms with van der Waals surface area (Å²) in [6.45, 7) is 1.85. The third-order valence-corrected chi connectivity index (χ3v) is 3.41. The Morgan fingerprint density at radius 2 is 1.95 bits per heavy atom. The number of hydrogen-bond acceptors (Lipinski definition) is 4. The average molecular weight is 337 g/mol. The number of halogens is 1. The number of nitro groups is 1. The lowest BCUT2D eigenvalue weighted by molar-refractivity contribution is -0.384. The molecule has 0 aliphatic carbocycles. The first-order chi connectivity index (χ1) is 9.49. The van der Waals surface area contributed by atoms with E-state index in [1.165, 1.54) is 12.1 Å². The molecule has 0 aromatic heterocycles. The predicted octanol–water partition coefficient (Wildman–Crippen LogP) is 4.17. The second kappa shape index (κ2) is 6.02. The summed E-state index contributed by atoms with van der Waals surface area (Å²) in [5.41, 5.74) is 6.70. The first-order valence-electron chi connectivity index (χ1n) is 5.95. The zero-order valence-electron chi connectivity index (χ0n) is 10.7. The average Bonchev–Trinajstić information content (AvgIpc) is 2.41. The summed E-state index contributed by atoms with van der Waals surface area (Å²) in [4.78, 5) is 10.3. The van der Waals surface area contributed by atoms with Gasteiger partial charge in [-0.3, -0.25) is 10.1 Å². The molecule has 0 aliphatic heterocycles. The van der Waals surface area contributed by atoms with E-state index in [0.29, 0.717) is 16.0 Å². The van der Waals surface area contributed by atoms with Gasteiger partial charge in [0.25, 0.3) is 5.69 Å². The Labute approximate surface area is 124 Å². The zero-order chi connectivity index (χ0) is 14.7. The van der Waals surface area contributed by atoms with Gasteiger partial charge in [-0.05, 0) is 35.0 Å². The van der Waals surface area contributed by atoms with E-state index in [1.807, 2.05) is 25.1 Å². The largest absolute Gasteiger partial charge is 0.456 e. The van der Waals surface area contributed by atoms with Gasteiger partial charge in [0.1, 0.15) is 11.5 Å². The molecule has 0 radical (unpaired) electrons. The topological polar surface area (TPSA) is 78.4 Å². The molecule has 20 heavy (non-hydrogen) atoms. The molecule has 2 aromatic rings. The lowest BCUT2D eigenvalue weighted by atomic mass is 10.1. The first kappa shape index (κ1) is 14.5. The van der Waals surface area contributed by atoms with Crippen molar-refractivity contribution in [2.75, 3.05) is 0 Å². The molecule has 0 heterocycles. The summed E-state index contributed by atoms with van der Waals surface area (Å²) in [6, 6.07) is 11.5. The smallest absolute Gasteiger partial charge is 0.273 e. The quantitative estimate of drug-likeness (QED) is 0.671. The second-order valence-electron chi connectivity index (χ2n) is 4.30. The van der Waals surface area contributed by atoms with Crippen molar-refractivity contribution in [3.63, 3.8) is 0 Å². The van der Waals surface area contributed by atoms with Crippen LogP contribution in [0.3, 0.4) is 0 Å². The summed E-state index contributed by atoms with van der Waals surface area (Å²) in [6.07, 6.45) is 0. The van der Waals surface area contributed by atoms with Crippen LogP contribution in [-0.2, 0) is 0 Å². The normalized spacial score (nSPS) is 11.9. The number of para-hydroxylation sites is 1. The Hall–Kier alpha value is -1.92. The van der Waals surface area contributed by atoms with E-state index < -0.39 is 4.92 Å². The monoisotopic (exact) mass is 336 g/mol. The van der Waals surface area contributed by atoms with Gasteiger partial charge in [-0.15, -0.1) is 0 Å².